The minimum atomic E-state index is -0.457. The molecule has 26 heavy (non-hydrogen) atoms. The van der Waals surface area contributed by atoms with Crippen LogP contribution in [0.2, 0.25) is 0 Å². The normalized spacial score (nSPS) is 13.3. The third-order valence-corrected chi connectivity index (χ3v) is 4.82. The van der Waals surface area contributed by atoms with E-state index in [0.717, 1.165) is 45.6 Å². The average molecular weight is 362 g/mol. The third kappa shape index (κ3) is 3.15. The molecule has 5 nitrogen and oxygen atoms in total. The number of primary amides is 1. The van der Waals surface area contributed by atoms with E-state index in [1.54, 1.807) is 6.20 Å². The first-order valence-electron chi connectivity index (χ1n) is 8.42. The molecular weight excluding hydrogens is 344 g/mol. The number of benzene rings is 1. The van der Waals surface area contributed by atoms with E-state index in [1.165, 1.54) is 4.90 Å². The lowest BCUT2D eigenvalue weighted by atomic mass is 9.99. The summed E-state index contributed by atoms with van der Waals surface area (Å²) in [7, 11) is 0. The maximum atomic E-state index is 11.6. The molecule has 1 aromatic carbocycles. The quantitative estimate of drug-likeness (QED) is 0.679. The number of pyridine rings is 2. The van der Waals surface area contributed by atoms with Crippen LogP contribution in [-0.4, -0.2) is 22.5 Å². The third-order valence-electron chi connectivity index (χ3n) is 4.54. The number of aryl methyl sites for hydroxylation is 1. The first kappa shape index (κ1) is 16.6. The van der Waals surface area contributed by atoms with Crippen molar-refractivity contribution in [3.05, 3.63) is 60.6 Å². The Morgan fingerprint density at radius 3 is 2.58 bits per heavy atom. The minimum Gasteiger partial charge on any atom is -0.351 e. The van der Waals surface area contributed by atoms with E-state index in [0.29, 0.717) is 12.4 Å². The van der Waals surface area contributed by atoms with Crippen LogP contribution in [0.5, 0.6) is 0 Å². The number of carbonyl (C=O) groups is 1. The zero-order chi connectivity index (χ0) is 18.1. The van der Waals surface area contributed by atoms with Gasteiger partial charge >= 0.3 is 6.03 Å². The molecule has 0 bridgehead atoms. The Morgan fingerprint density at radius 1 is 1.04 bits per heavy atom. The number of thiol groups is 1. The molecule has 1 aliphatic heterocycles. The number of fused-ring (bicyclic) bond motifs is 1. The Labute approximate surface area is 157 Å². The second-order valence-corrected chi connectivity index (χ2v) is 6.83. The summed E-state index contributed by atoms with van der Waals surface area (Å²) in [6.45, 7) is 0.617. The standard InChI is InChI=1S/C20H18N4OS/c21-20(25)24-6-2-4-14-7-17(12-23-19(14)24)16-8-15(10-22-11-16)13-3-1-5-18(26)9-13/h1,3,5,7-12,26H,2,4,6H2,(H2,21,25). The van der Waals surface area contributed by atoms with Crippen LogP contribution >= 0.6 is 12.6 Å². The molecule has 0 saturated heterocycles. The highest BCUT2D eigenvalue weighted by atomic mass is 32.1. The Hall–Kier alpha value is -2.86. The minimum absolute atomic E-state index is 0.457. The molecule has 2 aromatic heterocycles. The maximum Gasteiger partial charge on any atom is 0.320 e. The molecular formula is C20H18N4OS. The number of urea groups is 1. The van der Waals surface area contributed by atoms with Gasteiger partial charge in [-0.2, -0.15) is 0 Å². The SMILES string of the molecule is NC(=O)N1CCCc2cc(-c3cncc(-c4cccc(S)c4)c3)cnc21. The molecule has 0 spiro atoms. The fourth-order valence-corrected chi connectivity index (χ4v) is 3.50. The highest BCUT2D eigenvalue weighted by Crippen LogP contribution is 2.31. The largest absolute Gasteiger partial charge is 0.351 e. The van der Waals surface area contributed by atoms with Gasteiger partial charge in [0, 0.05) is 46.7 Å². The van der Waals surface area contributed by atoms with E-state index in [4.69, 9.17) is 5.73 Å². The number of hydrogen-bond donors (Lipinski definition) is 2. The summed E-state index contributed by atoms with van der Waals surface area (Å²) in [5.74, 6) is 0.666. The van der Waals surface area contributed by atoms with Crippen molar-refractivity contribution < 1.29 is 4.79 Å². The topological polar surface area (TPSA) is 72.1 Å². The van der Waals surface area contributed by atoms with Gasteiger partial charge in [-0.1, -0.05) is 12.1 Å². The van der Waals surface area contributed by atoms with E-state index in [-0.39, 0.29) is 0 Å². The number of nitrogens with zero attached hydrogens (tertiary/aromatic N) is 3. The molecule has 0 aliphatic carbocycles. The van der Waals surface area contributed by atoms with E-state index in [2.05, 4.69) is 34.7 Å². The summed E-state index contributed by atoms with van der Waals surface area (Å²) in [6.07, 6.45) is 7.21. The Kier molecular flexibility index (Phi) is 4.34. The molecule has 130 valence electrons. The van der Waals surface area contributed by atoms with E-state index in [1.807, 2.05) is 36.7 Å². The summed E-state index contributed by atoms with van der Waals surface area (Å²) in [4.78, 5) is 22.9. The lowest BCUT2D eigenvalue weighted by Gasteiger charge is -2.26. The van der Waals surface area contributed by atoms with Crippen molar-refractivity contribution in [1.82, 2.24) is 9.97 Å². The Morgan fingerprint density at radius 2 is 1.81 bits per heavy atom. The van der Waals surface area contributed by atoms with Crippen molar-refractivity contribution in [2.45, 2.75) is 17.7 Å². The summed E-state index contributed by atoms with van der Waals surface area (Å²) in [5.41, 5.74) is 10.5. The number of carbonyl (C=O) groups excluding carboxylic acids is 1. The summed E-state index contributed by atoms with van der Waals surface area (Å²) >= 11 is 4.41. The maximum absolute atomic E-state index is 11.6. The van der Waals surface area contributed by atoms with Gasteiger partial charge in [0.05, 0.1) is 0 Å². The van der Waals surface area contributed by atoms with Gasteiger partial charge in [-0.3, -0.25) is 9.88 Å². The number of rotatable bonds is 2. The van der Waals surface area contributed by atoms with Crippen LogP contribution in [0.1, 0.15) is 12.0 Å². The zero-order valence-corrected chi connectivity index (χ0v) is 15.0. The highest BCUT2D eigenvalue weighted by molar-refractivity contribution is 7.80. The molecule has 3 aromatic rings. The molecule has 1 aliphatic rings. The van der Waals surface area contributed by atoms with Crippen LogP contribution in [0.3, 0.4) is 0 Å². The molecule has 6 heteroatoms. The molecule has 2 amide bonds. The van der Waals surface area contributed by atoms with Gasteiger partial charge < -0.3 is 5.73 Å². The molecule has 0 unspecified atom stereocenters. The number of anilines is 1. The fourth-order valence-electron chi connectivity index (χ4n) is 3.28. The zero-order valence-electron chi connectivity index (χ0n) is 14.1. The monoisotopic (exact) mass is 362 g/mol. The van der Waals surface area contributed by atoms with E-state index >= 15 is 0 Å². The van der Waals surface area contributed by atoms with Crippen LogP contribution in [0.15, 0.2) is 59.9 Å². The second kappa shape index (κ2) is 6.80. The number of aromatic nitrogens is 2. The van der Waals surface area contributed by atoms with Gasteiger partial charge in [-0.05, 0) is 48.2 Å². The second-order valence-electron chi connectivity index (χ2n) is 6.31. The predicted molar refractivity (Wildman–Crippen MR) is 105 cm³/mol. The van der Waals surface area contributed by atoms with Gasteiger partial charge in [0.15, 0.2) is 0 Å². The Bertz CT molecular complexity index is 989. The van der Waals surface area contributed by atoms with Gasteiger partial charge in [0.2, 0.25) is 0 Å². The molecule has 0 radical (unpaired) electrons. The number of amides is 2. The van der Waals surface area contributed by atoms with Crippen LogP contribution in [0.4, 0.5) is 10.6 Å². The van der Waals surface area contributed by atoms with Crippen LogP contribution in [0, 0.1) is 0 Å². The van der Waals surface area contributed by atoms with Gasteiger partial charge in [-0.25, -0.2) is 9.78 Å². The van der Waals surface area contributed by atoms with Crippen LogP contribution in [0.25, 0.3) is 22.3 Å². The number of nitrogens with two attached hydrogens (primary N) is 1. The fraction of sp³-hybridized carbons (Fsp3) is 0.150. The molecule has 0 atom stereocenters. The smallest absolute Gasteiger partial charge is 0.320 e. The molecule has 2 N–H and O–H groups in total. The van der Waals surface area contributed by atoms with Gasteiger partial charge in [-0.15, -0.1) is 12.6 Å². The molecule has 0 saturated carbocycles. The first-order chi connectivity index (χ1) is 12.6. The van der Waals surface area contributed by atoms with Crippen molar-refractivity contribution in [3.8, 4) is 22.3 Å². The average Bonchev–Trinajstić information content (AvgIpc) is 2.67. The van der Waals surface area contributed by atoms with Crippen molar-refractivity contribution in [2.24, 2.45) is 5.73 Å². The van der Waals surface area contributed by atoms with E-state index < -0.39 is 6.03 Å². The lowest BCUT2D eigenvalue weighted by molar-refractivity contribution is 0.253. The molecule has 0 fully saturated rings. The van der Waals surface area contributed by atoms with Gasteiger partial charge in [0.25, 0.3) is 0 Å². The molecule has 3 heterocycles. The number of hydrogen-bond acceptors (Lipinski definition) is 4. The van der Waals surface area contributed by atoms with E-state index in [9.17, 15) is 4.79 Å². The van der Waals surface area contributed by atoms with Gasteiger partial charge in [0.1, 0.15) is 5.82 Å². The highest BCUT2D eigenvalue weighted by Gasteiger charge is 2.22. The lowest BCUT2D eigenvalue weighted by Crippen LogP contribution is -2.40. The van der Waals surface area contributed by atoms with Crippen molar-refractivity contribution >= 4 is 24.5 Å². The molecule has 4 rings (SSSR count). The first-order valence-corrected chi connectivity index (χ1v) is 8.87. The van der Waals surface area contributed by atoms with Crippen molar-refractivity contribution in [3.63, 3.8) is 0 Å². The van der Waals surface area contributed by atoms with Crippen molar-refractivity contribution in [2.75, 3.05) is 11.4 Å². The van der Waals surface area contributed by atoms with Crippen molar-refractivity contribution in [1.29, 1.82) is 0 Å². The van der Waals surface area contributed by atoms with Crippen LogP contribution < -0.4 is 10.6 Å². The Balaban J connectivity index is 1.73. The summed E-state index contributed by atoms with van der Waals surface area (Å²) < 4.78 is 0. The summed E-state index contributed by atoms with van der Waals surface area (Å²) in [5, 5.41) is 0. The summed E-state index contributed by atoms with van der Waals surface area (Å²) in [6, 6.07) is 11.7. The predicted octanol–water partition coefficient (Wildman–Crippen LogP) is 3.93. The van der Waals surface area contributed by atoms with Crippen LogP contribution in [-0.2, 0) is 6.42 Å².